The van der Waals surface area contributed by atoms with Crippen LogP contribution in [0.2, 0.25) is 0 Å². The van der Waals surface area contributed by atoms with Gasteiger partial charge in [-0.25, -0.2) is 0 Å². The normalized spacial score (nSPS) is 13.7. The van der Waals surface area contributed by atoms with Crippen LogP contribution in [0.3, 0.4) is 0 Å². The third kappa shape index (κ3) is 3.68. The fourth-order valence-electron chi connectivity index (χ4n) is 1.96. The van der Waals surface area contributed by atoms with Gasteiger partial charge in [0.1, 0.15) is 6.54 Å². The molecule has 1 aliphatic carbocycles. The highest BCUT2D eigenvalue weighted by Gasteiger charge is 2.23. The summed E-state index contributed by atoms with van der Waals surface area (Å²) in [5, 5.41) is 9.71. The number of hydrogen-bond acceptors (Lipinski definition) is 3. The first-order valence-corrected chi connectivity index (χ1v) is 6.89. The van der Waals surface area contributed by atoms with E-state index < -0.39 is 0 Å². The molecule has 1 fully saturated rings. The van der Waals surface area contributed by atoms with Crippen molar-refractivity contribution in [3.63, 3.8) is 0 Å². The van der Waals surface area contributed by atoms with Crippen molar-refractivity contribution in [1.82, 2.24) is 15.1 Å². The Hall–Kier alpha value is -2.63. The number of rotatable bonds is 5. The summed E-state index contributed by atoms with van der Waals surface area (Å²) >= 11 is 0. The van der Waals surface area contributed by atoms with E-state index >= 15 is 0 Å². The molecule has 0 radical (unpaired) electrons. The van der Waals surface area contributed by atoms with Crippen LogP contribution >= 0.6 is 0 Å². The lowest BCUT2D eigenvalue weighted by Crippen LogP contribution is -2.29. The third-order valence-electron chi connectivity index (χ3n) is 3.18. The first-order chi connectivity index (χ1) is 10.2. The maximum Gasteiger partial charge on any atom is 0.255 e. The quantitative estimate of drug-likeness (QED) is 0.871. The van der Waals surface area contributed by atoms with E-state index in [1.807, 2.05) is 6.07 Å². The fraction of sp³-hybridized carbons (Fsp3) is 0.267. The average Bonchev–Trinajstić information content (AvgIpc) is 3.19. The molecule has 2 N–H and O–H groups in total. The standard InChI is InChI=1S/C15H16N4O2/c20-14(17-12-6-7-12)10-19-9-13(8-16-19)18-15(21)11-4-2-1-3-5-11/h1-5,8-9,12H,6-7,10H2,(H,17,20)(H,18,21). The van der Waals surface area contributed by atoms with Crippen molar-refractivity contribution in [2.45, 2.75) is 25.4 Å². The molecule has 2 amide bonds. The van der Waals surface area contributed by atoms with Crippen LogP contribution in [-0.4, -0.2) is 27.6 Å². The molecule has 0 atom stereocenters. The van der Waals surface area contributed by atoms with Gasteiger partial charge < -0.3 is 10.6 Å². The molecule has 0 aliphatic heterocycles. The molecular formula is C15H16N4O2. The van der Waals surface area contributed by atoms with Crippen LogP contribution in [0.15, 0.2) is 42.7 Å². The first kappa shape index (κ1) is 13.4. The number of nitrogens with zero attached hydrogens (tertiary/aromatic N) is 2. The van der Waals surface area contributed by atoms with E-state index in [4.69, 9.17) is 0 Å². The molecule has 2 aromatic rings. The Labute approximate surface area is 122 Å². The van der Waals surface area contributed by atoms with Crippen molar-refractivity contribution < 1.29 is 9.59 Å². The van der Waals surface area contributed by atoms with Crippen molar-refractivity contribution in [1.29, 1.82) is 0 Å². The average molecular weight is 284 g/mol. The van der Waals surface area contributed by atoms with Crippen LogP contribution in [0.1, 0.15) is 23.2 Å². The minimum Gasteiger partial charge on any atom is -0.352 e. The van der Waals surface area contributed by atoms with Crippen LogP contribution in [0, 0.1) is 0 Å². The number of amides is 2. The zero-order chi connectivity index (χ0) is 14.7. The lowest BCUT2D eigenvalue weighted by molar-refractivity contribution is -0.122. The molecule has 21 heavy (non-hydrogen) atoms. The van der Waals surface area contributed by atoms with Crippen LogP contribution < -0.4 is 10.6 Å². The Balaban J connectivity index is 1.57. The maximum atomic E-state index is 12.0. The van der Waals surface area contributed by atoms with Gasteiger partial charge in [0.2, 0.25) is 5.91 Å². The Kier molecular flexibility index (Phi) is 3.68. The maximum absolute atomic E-state index is 12.0. The van der Waals surface area contributed by atoms with E-state index in [1.54, 1.807) is 30.5 Å². The molecule has 3 rings (SSSR count). The summed E-state index contributed by atoms with van der Waals surface area (Å²) in [4.78, 5) is 23.6. The number of benzene rings is 1. The van der Waals surface area contributed by atoms with Gasteiger partial charge in [0, 0.05) is 17.8 Å². The van der Waals surface area contributed by atoms with Crippen LogP contribution in [0.25, 0.3) is 0 Å². The van der Waals surface area contributed by atoms with Crippen molar-refractivity contribution in [3.8, 4) is 0 Å². The summed E-state index contributed by atoms with van der Waals surface area (Å²) < 4.78 is 1.51. The summed E-state index contributed by atoms with van der Waals surface area (Å²) in [5.74, 6) is -0.251. The topological polar surface area (TPSA) is 76.0 Å². The van der Waals surface area contributed by atoms with Gasteiger partial charge >= 0.3 is 0 Å². The van der Waals surface area contributed by atoms with Crippen molar-refractivity contribution in [2.24, 2.45) is 0 Å². The summed E-state index contributed by atoms with van der Waals surface area (Å²) in [7, 11) is 0. The molecule has 1 heterocycles. The summed E-state index contributed by atoms with van der Waals surface area (Å²) in [6.07, 6.45) is 5.30. The van der Waals surface area contributed by atoms with Crippen LogP contribution in [0.5, 0.6) is 0 Å². The second-order valence-corrected chi connectivity index (χ2v) is 5.09. The molecule has 6 heteroatoms. The van der Waals surface area contributed by atoms with Gasteiger partial charge in [-0.1, -0.05) is 18.2 Å². The molecule has 1 aliphatic rings. The Morgan fingerprint density at radius 2 is 2.00 bits per heavy atom. The molecular weight excluding hydrogens is 268 g/mol. The second-order valence-electron chi connectivity index (χ2n) is 5.09. The Morgan fingerprint density at radius 3 is 2.71 bits per heavy atom. The van der Waals surface area contributed by atoms with E-state index in [2.05, 4.69) is 15.7 Å². The highest BCUT2D eigenvalue weighted by molar-refractivity contribution is 6.04. The largest absolute Gasteiger partial charge is 0.352 e. The van der Waals surface area contributed by atoms with Crippen LogP contribution in [0.4, 0.5) is 5.69 Å². The van der Waals surface area contributed by atoms with Crippen molar-refractivity contribution in [2.75, 3.05) is 5.32 Å². The number of carbonyl (C=O) groups is 2. The second kappa shape index (κ2) is 5.78. The summed E-state index contributed by atoms with van der Waals surface area (Å²) in [5.41, 5.74) is 1.15. The number of anilines is 1. The number of nitrogens with one attached hydrogen (secondary N) is 2. The minimum absolute atomic E-state index is 0.0541. The molecule has 108 valence electrons. The van der Waals surface area contributed by atoms with Gasteiger partial charge in [-0.15, -0.1) is 0 Å². The predicted molar refractivity (Wildman–Crippen MR) is 77.8 cm³/mol. The van der Waals surface area contributed by atoms with E-state index in [1.165, 1.54) is 10.9 Å². The van der Waals surface area contributed by atoms with Crippen molar-refractivity contribution >= 4 is 17.5 Å². The van der Waals surface area contributed by atoms with E-state index in [0.717, 1.165) is 12.8 Å². The molecule has 0 spiro atoms. The predicted octanol–water partition coefficient (Wildman–Crippen LogP) is 1.41. The third-order valence-corrected chi connectivity index (χ3v) is 3.18. The molecule has 0 bridgehead atoms. The molecule has 6 nitrogen and oxygen atoms in total. The monoisotopic (exact) mass is 284 g/mol. The number of aromatic nitrogens is 2. The molecule has 1 aromatic heterocycles. The van der Waals surface area contributed by atoms with Gasteiger partial charge in [0.05, 0.1) is 11.9 Å². The van der Waals surface area contributed by atoms with Gasteiger partial charge in [-0.05, 0) is 25.0 Å². The first-order valence-electron chi connectivity index (χ1n) is 6.89. The summed E-state index contributed by atoms with van der Waals surface area (Å²) in [6.45, 7) is 0.164. The molecule has 0 saturated heterocycles. The highest BCUT2D eigenvalue weighted by atomic mass is 16.2. The Morgan fingerprint density at radius 1 is 1.24 bits per heavy atom. The summed E-state index contributed by atoms with van der Waals surface area (Å²) in [6, 6.07) is 9.28. The zero-order valence-electron chi connectivity index (χ0n) is 11.5. The van der Waals surface area contributed by atoms with Gasteiger partial charge in [0.15, 0.2) is 0 Å². The van der Waals surface area contributed by atoms with Gasteiger partial charge in [-0.2, -0.15) is 5.10 Å². The number of hydrogen-bond donors (Lipinski definition) is 2. The smallest absolute Gasteiger partial charge is 0.255 e. The van der Waals surface area contributed by atoms with E-state index in [9.17, 15) is 9.59 Å². The molecule has 0 unspecified atom stereocenters. The van der Waals surface area contributed by atoms with Gasteiger partial charge in [-0.3, -0.25) is 14.3 Å². The lowest BCUT2D eigenvalue weighted by Gasteiger charge is -2.03. The zero-order valence-corrected chi connectivity index (χ0v) is 11.5. The molecule has 1 aromatic carbocycles. The van der Waals surface area contributed by atoms with E-state index in [0.29, 0.717) is 17.3 Å². The van der Waals surface area contributed by atoms with Crippen molar-refractivity contribution in [3.05, 3.63) is 48.3 Å². The van der Waals surface area contributed by atoms with Crippen LogP contribution in [-0.2, 0) is 11.3 Å². The SMILES string of the molecule is O=C(Cn1cc(NC(=O)c2ccccc2)cn1)NC1CC1. The van der Waals surface area contributed by atoms with Gasteiger partial charge in [0.25, 0.3) is 5.91 Å². The molecule has 1 saturated carbocycles. The lowest BCUT2D eigenvalue weighted by atomic mass is 10.2. The van der Waals surface area contributed by atoms with E-state index in [-0.39, 0.29) is 18.4 Å². The fourth-order valence-corrected chi connectivity index (χ4v) is 1.96. The highest BCUT2D eigenvalue weighted by Crippen LogP contribution is 2.18. The Bertz CT molecular complexity index is 647. The minimum atomic E-state index is -0.197. The number of carbonyl (C=O) groups excluding carboxylic acids is 2.